The minimum absolute atomic E-state index is 0.229. The fourth-order valence-corrected chi connectivity index (χ4v) is 5.68. The average Bonchev–Trinajstić information content (AvgIpc) is 3.13. The van der Waals surface area contributed by atoms with E-state index < -0.39 is 6.17 Å². The number of anilines is 1. The highest BCUT2D eigenvalue weighted by Gasteiger charge is 2.25. The van der Waals surface area contributed by atoms with Gasteiger partial charge in [-0.15, -0.1) is 0 Å². The van der Waals surface area contributed by atoms with E-state index in [-0.39, 0.29) is 25.7 Å². The van der Waals surface area contributed by atoms with Crippen molar-refractivity contribution in [2.45, 2.75) is 32.4 Å². The van der Waals surface area contributed by atoms with E-state index in [1.165, 1.54) is 7.11 Å². The van der Waals surface area contributed by atoms with Gasteiger partial charge < -0.3 is 49.6 Å². The number of hydrogen-bond acceptors (Lipinski definition) is 10. The number of carbonyl (C=O) groups is 1. The molecule has 1 aliphatic heterocycles. The summed E-state index contributed by atoms with van der Waals surface area (Å²) in [5, 5.41) is 36.2. The van der Waals surface area contributed by atoms with Crippen LogP contribution in [0.3, 0.4) is 0 Å². The molecule has 0 spiro atoms. The van der Waals surface area contributed by atoms with Gasteiger partial charge in [-0.3, -0.25) is 4.79 Å². The summed E-state index contributed by atoms with van der Waals surface area (Å²) in [6, 6.07) is 17.7. The summed E-state index contributed by atoms with van der Waals surface area (Å²) in [7, 11) is 4.61. The monoisotopic (exact) mass is 690 g/mol. The molecule has 1 heterocycles. The molecule has 1 aliphatic rings. The summed E-state index contributed by atoms with van der Waals surface area (Å²) in [5.41, 5.74) is 5.19. The summed E-state index contributed by atoms with van der Waals surface area (Å²) in [4.78, 5) is 12.7. The Balaban J connectivity index is 1.20. The fourth-order valence-electron chi connectivity index (χ4n) is 5.51. The van der Waals surface area contributed by atoms with E-state index in [0.717, 1.165) is 16.7 Å². The maximum atomic E-state index is 12.7. The maximum absolute atomic E-state index is 12.7. The Bertz CT molecular complexity index is 1780. The molecule has 0 radical (unpaired) electrons. The molecule has 1 unspecified atom stereocenters. The molecule has 1 amide bonds. The lowest BCUT2D eigenvalue weighted by Crippen LogP contribution is -2.38. The van der Waals surface area contributed by atoms with Gasteiger partial charge in [-0.25, -0.2) is 0 Å². The van der Waals surface area contributed by atoms with Crippen LogP contribution in [-0.4, -0.2) is 55.8 Å². The topological polar surface area (TPSA) is 148 Å². The Kier molecular flexibility index (Phi) is 11.9. The lowest BCUT2D eigenvalue weighted by molar-refractivity contribution is 0.0935. The number of amides is 1. The Morgan fingerprint density at radius 1 is 0.714 bits per heavy atom. The molecule has 0 aromatic heterocycles. The van der Waals surface area contributed by atoms with E-state index >= 15 is 0 Å². The second-order valence-electron chi connectivity index (χ2n) is 11.1. The van der Waals surface area contributed by atoms with E-state index in [0.29, 0.717) is 81.3 Å². The largest absolute Gasteiger partial charge is 0.496 e. The SMILES string of the molecule is COc1cc(C=Cc2cc(OC)c(OCCCOc3ccc(C4NC(=O)c5cc(Cl)ccc5N4)cc3CO)c(OC)c2)cc(CO)c1CO. The van der Waals surface area contributed by atoms with E-state index in [4.69, 9.17) is 35.3 Å². The molecule has 5 N–H and O–H groups in total. The van der Waals surface area contributed by atoms with Gasteiger partial charge >= 0.3 is 0 Å². The summed E-state index contributed by atoms with van der Waals surface area (Å²) in [6.07, 6.45) is 3.77. The summed E-state index contributed by atoms with van der Waals surface area (Å²) in [6.45, 7) is -0.0937. The highest BCUT2D eigenvalue weighted by atomic mass is 35.5. The van der Waals surface area contributed by atoms with Crippen molar-refractivity contribution in [1.29, 1.82) is 0 Å². The minimum atomic E-state index is -0.484. The number of ether oxygens (including phenoxy) is 5. The van der Waals surface area contributed by atoms with Crippen LogP contribution in [0.25, 0.3) is 12.2 Å². The molecule has 0 fully saturated rings. The van der Waals surface area contributed by atoms with Gasteiger partial charge in [0.1, 0.15) is 17.7 Å². The van der Waals surface area contributed by atoms with Crippen molar-refractivity contribution >= 4 is 35.3 Å². The predicted molar refractivity (Wildman–Crippen MR) is 187 cm³/mol. The van der Waals surface area contributed by atoms with Gasteiger partial charge in [0.25, 0.3) is 5.91 Å². The third kappa shape index (κ3) is 8.21. The van der Waals surface area contributed by atoms with E-state index in [9.17, 15) is 20.1 Å². The predicted octanol–water partition coefficient (Wildman–Crippen LogP) is 5.72. The highest BCUT2D eigenvalue weighted by molar-refractivity contribution is 6.31. The number of aliphatic hydroxyl groups excluding tert-OH is 3. The molecular formula is C37H39ClN2O9. The van der Waals surface area contributed by atoms with Gasteiger partial charge in [0.05, 0.1) is 59.9 Å². The molecule has 0 aliphatic carbocycles. The molecule has 49 heavy (non-hydrogen) atoms. The van der Waals surface area contributed by atoms with Gasteiger partial charge in [-0.05, 0) is 76.9 Å². The summed E-state index contributed by atoms with van der Waals surface area (Å²) in [5.74, 6) is 2.19. The Labute approximate surface area is 289 Å². The van der Waals surface area contributed by atoms with Crippen LogP contribution in [0.2, 0.25) is 5.02 Å². The van der Waals surface area contributed by atoms with Crippen molar-refractivity contribution < 1.29 is 43.8 Å². The Morgan fingerprint density at radius 2 is 1.37 bits per heavy atom. The van der Waals surface area contributed by atoms with Crippen LogP contribution in [0.4, 0.5) is 5.69 Å². The molecule has 0 saturated heterocycles. The Morgan fingerprint density at radius 3 is 2.02 bits per heavy atom. The lowest BCUT2D eigenvalue weighted by atomic mass is 10.0. The number of halogens is 1. The van der Waals surface area contributed by atoms with Crippen molar-refractivity contribution in [3.8, 4) is 28.7 Å². The van der Waals surface area contributed by atoms with Crippen molar-refractivity contribution in [2.24, 2.45) is 0 Å². The van der Waals surface area contributed by atoms with Crippen LogP contribution in [0.5, 0.6) is 28.7 Å². The molecular weight excluding hydrogens is 652 g/mol. The fraction of sp³-hybridized carbons (Fsp3) is 0.270. The average molecular weight is 691 g/mol. The number of methoxy groups -OCH3 is 3. The lowest BCUT2D eigenvalue weighted by Gasteiger charge is -2.28. The number of benzene rings is 4. The number of fused-ring (bicyclic) bond motifs is 1. The standard InChI is InChI=1S/C37H39ClN2O9/c1-45-32-14-22(13-25(19-41)29(32)21-43)5-6-23-15-33(46-2)35(34(16-23)47-3)49-12-4-11-48-31-10-7-24(17-26(31)20-42)36-39-30-9-8-27(38)18-28(30)37(44)40-36/h5-10,13-18,36,39,41-43H,4,11-12,19-21H2,1-3H3,(H,40,44). The maximum Gasteiger partial charge on any atom is 0.255 e. The highest BCUT2D eigenvalue weighted by Crippen LogP contribution is 2.39. The molecule has 11 nitrogen and oxygen atoms in total. The molecule has 0 saturated carbocycles. The molecule has 4 aromatic carbocycles. The molecule has 258 valence electrons. The number of rotatable bonds is 15. The third-order valence-corrected chi connectivity index (χ3v) is 8.24. The smallest absolute Gasteiger partial charge is 0.255 e. The van der Waals surface area contributed by atoms with Gasteiger partial charge in [0.15, 0.2) is 11.5 Å². The number of carbonyl (C=O) groups excluding carboxylic acids is 1. The van der Waals surface area contributed by atoms with Crippen LogP contribution in [0, 0.1) is 0 Å². The van der Waals surface area contributed by atoms with Crippen LogP contribution >= 0.6 is 11.6 Å². The van der Waals surface area contributed by atoms with E-state index in [1.54, 1.807) is 56.7 Å². The summed E-state index contributed by atoms with van der Waals surface area (Å²) >= 11 is 6.04. The first-order chi connectivity index (χ1) is 23.8. The molecule has 1 atom stereocenters. The zero-order chi connectivity index (χ0) is 34.9. The van der Waals surface area contributed by atoms with E-state index in [2.05, 4.69) is 10.6 Å². The normalized spacial score (nSPS) is 13.8. The second kappa shape index (κ2) is 16.4. The van der Waals surface area contributed by atoms with Crippen molar-refractivity contribution in [2.75, 3.05) is 39.9 Å². The van der Waals surface area contributed by atoms with Crippen molar-refractivity contribution in [3.05, 3.63) is 105 Å². The minimum Gasteiger partial charge on any atom is -0.496 e. The summed E-state index contributed by atoms with van der Waals surface area (Å²) < 4.78 is 28.7. The first kappa shape index (κ1) is 35.4. The van der Waals surface area contributed by atoms with Crippen LogP contribution in [0.1, 0.15) is 56.3 Å². The quantitative estimate of drug-likeness (QED) is 0.0776. The first-order valence-corrected chi connectivity index (χ1v) is 15.9. The molecule has 4 aromatic rings. The van der Waals surface area contributed by atoms with Gasteiger partial charge in [-0.1, -0.05) is 29.8 Å². The third-order valence-electron chi connectivity index (χ3n) is 8.01. The van der Waals surface area contributed by atoms with Crippen LogP contribution in [-0.2, 0) is 19.8 Å². The van der Waals surface area contributed by atoms with Gasteiger partial charge in [-0.2, -0.15) is 0 Å². The van der Waals surface area contributed by atoms with E-state index in [1.807, 2.05) is 30.4 Å². The zero-order valence-corrected chi connectivity index (χ0v) is 28.2. The number of nitrogens with one attached hydrogen (secondary N) is 2. The Hall–Kier alpha value is -4.94. The van der Waals surface area contributed by atoms with Gasteiger partial charge in [0, 0.05) is 28.3 Å². The molecule has 12 heteroatoms. The van der Waals surface area contributed by atoms with Crippen molar-refractivity contribution in [1.82, 2.24) is 5.32 Å². The number of aliphatic hydroxyl groups is 3. The molecule has 5 rings (SSSR count). The first-order valence-electron chi connectivity index (χ1n) is 15.5. The second-order valence-corrected chi connectivity index (χ2v) is 11.5. The van der Waals surface area contributed by atoms with Gasteiger partial charge in [0.2, 0.25) is 5.75 Å². The van der Waals surface area contributed by atoms with Crippen molar-refractivity contribution in [3.63, 3.8) is 0 Å². The van der Waals surface area contributed by atoms with Crippen LogP contribution < -0.4 is 34.3 Å². The zero-order valence-electron chi connectivity index (χ0n) is 27.4. The number of hydrogen-bond donors (Lipinski definition) is 5. The molecule has 0 bridgehead atoms. The van der Waals surface area contributed by atoms with Crippen LogP contribution in [0.15, 0.2) is 60.7 Å².